The van der Waals surface area contributed by atoms with Crippen LogP contribution in [0.1, 0.15) is 18.9 Å². The second-order valence-electron chi connectivity index (χ2n) is 3.00. The molecule has 0 aliphatic rings. The monoisotopic (exact) mass is 213 g/mol. The Kier molecular flexibility index (Phi) is 3.49. The minimum absolute atomic E-state index is 0.273. The zero-order valence-corrected chi connectivity index (χ0v) is 8.58. The van der Waals surface area contributed by atoms with Crippen molar-refractivity contribution in [3.63, 3.8) is 0 Å². The van der Waals surface area contributed by atoms with E-state index in [1.165, 1.54) is 0 Å². The molecule has 0 bridgehead atoms. The van der Waals surface area contributed by atoms with Crippen LogP contribution in [-0.2, 0) is 10.4 Å². The molecule has 0 fully saturated rings. The van der Waals surface area contributed by atoms with Crippen molar-refractivity contribution in [3.05, 3.63) is 35.9 Å². The van der Waals surface area contributed by atoms with E-state index in [1.54, 1.807) is 31.2 Å². The van der Waals surface area contributed by atoms with Crippen molar-refractivity contribution in [1.29, 1.82) is 0 Å². The molecule has 1 rings (SSSR count). The predicted octanol–water partition coefficient (Wildman–Crippen LogP) is 1.55. The summed E-state index contributed by atoms with van der Waals surface area (Å²) in [6, 6.07) is 8.72. The highest BCUT2D eigenvalue weighted by molar-refractivity contribution is 6.22. The SMILES string of the molecule is CCC(O)(C(=O)NCl)c1ccccc1. The zero-order chi connectivity index (χ0) is 10.6. The largest absolute Gasteiger partial charge is 0.375 e. The molecule has 2 N–H and O–H groups in total. The van der Waals surface area contributed by atoms with Gasteiger partial charge in [0.2, 0.25) is 0 Å². The van der Waals surface area contributed by atoms with Crippen LogP contribution in [0.2, 0.25) is 0 Å². The van der Waals surface area contributed by atoms with Gasteiger partial charge in [0.05, 0.1) is 0 Å². The molecular weight excluding hydrogens is 202 g/mol. The quantitative estimate of drug-likeness (QED) is 0.749. The first-order valence-electron chi connectivity index (χ1n) is 4.34. The molecule has 3 nitrogen and oxygen atoms in total. The van der Waals surface area contributed by atoms with Gasteiger partial charge in [-0.2, -0.15) is 0 Å². The van der Waals surface area contributed by atoms with E-state index < -0.39 is 11.5 Å². The minimum Gasteiger partial charge on any atom is -0.375 e. The number of carbonyl (C=O) groups is 1. The van der Waals surface area contributed by atoms with Crippen molar-refractivity contribution in [3.8, 4) is 0 Å². The number of carbonyl (C=O) groups excluding carboxylic acids is 1. The van der Waals surface area contributed by atoms with E-state index in [0.29, 0.717) is 5.56 Å². The van der Waals surface area contributed by atoms with Gasteiger partial charge in [-0.3, -0.25) is 9.63 Å². The first-order chi connectivity index (χ1) is 6.65. The highest BCUT2D eigenvalue weighted by Gasteiger charge is 2.35. The second kappa shape index (κ2) is 4.44. The van der Waals surface area contributed by atoms with Gasteiger partial charge < -0.3 is 5.11 Å². The zero-order valence-electron chi connectivity index (χ0n) is 7.83. The number of hydrogen-bond acceptors (Lipinski definition) is 2. The summed E-state index contributed by atoms with van der Waals surface area (Å²) in [5, 5.41) is 10.1. The smallest absolute Gasteiger partial charge is 0.270 e. The van der Waals surface area contributed by atoms with Gasteiger partial charge >= 0.3 is 0 Å². The summed E-state index contributed by atoms with van der Waals surface area (Å²) in [4.78, 5) is 13.3. The van der Waals surface area contributed by atoms with Gasteiger partial charge in [-0.05, 0) is 12.0 Å². The van der Waals surface area contributed by atoms with Crippen LogP contribution in [0, 0.1) is 0 Å². The molecular formula is C10H12ClNO2. The summed E-state index contributed by atoms with van der Waals surface area (Å²) in [7, 11) is 0. The van der Waals surface area contributed by atoms with Crippen LogP contribution in [-0.4, -0.2) is 11.0 Å². The van der Waals surface area contributed by atoms with Crippen molar-refractivity contribution < 1.29 is 9.90 Å². The fourth-order valence-corrected chi connectivity index (χ4v) is 1.44. The van der Waals surface area contributed by atoms with Crippen LogP contribution >= 0.6 is 11.8 Å². The first-order valence-corrected chi connectivity index (χ1v) is 4.72. The van der Waals surface area contributed by atoms with E-state index in [2.05, 4.69) is 0 Å². The van der Waals surface area contributed by atoms with Gasteiger partial charge in [-0.1, -0.05) is 37.3 Å². The average molecular weight is 214 g/mol. The Balaban J connectivity index is 3.08. The van der Waals surface area contributed by atoms with Crippen LogP contribution in [0.5, 0.6) is 0 Å². The Bertz CT molecular complexity index is 315. The van der Waals surface area contributed by atoms with Crippen LogP contribution in [0.25, 0.3) is 0 Å². The van der Waals surface area contributed by atoms with Crippen LogP contribution in [0.3, 0.4) is 0 Å². The highest BCUT2D eigenvalue weighted by Crippen LogP contribution is 2.24. The van der Waals surface area contributed by atoms with Crippen molar-refractivity contribution in [1.82, 2.24) is 4.84 Å². The average Bonchev–Trinajstić information content (AvgIpc) is 2.28. The van der Waals surface area contributed by atoms with Gasteiger partial charge in [0, 0.05) is 11.8 Å². The van der Waals surface area contributed by atoms with E-state index in [-0.39, 0.29) is 6.42 Å². The van der Waals surface area contributed by atoms with Gasteiger partial charge in [-0.15, -0.1) is 0 Å². The first kappa shape index (κ1) is 11.0. The number of aliphatic hydroxyl groups is 1. The maximum absolute atomic E-state index is 11.4. The lowest BCUT2D eigenvalue weighted by molar-refractivity contribution is -0.139. The third-order valence-electron chi connectivity index (χ3n) is 2.22. The molecule has 0 saturated heterocycles. The molecule has 0 aromatic heterocycles. The van der Waals surface area contributed by atoms with Crippen LogP contribution in [0.4, 0.5) is 0 Å². The van der Waals surface area contributed by atoms with Gasteiger partial charge in [0.25, 0.3) is 5.91 Å². The summed E-state index contributed by atoms with van der Waals surface area (Å²) < 4.78 is 0. The van der Waals surface area contributed by atoms with Crippen LogP contribution in [0.15, 0.2) is 30.3 Å². The number of benzene rings is 1. The van der Waals surface area contributed by atoms with E-state index >= 15 is 0 Å². The van der Waals surface area contributed by atoms with Gasteiger partial charge in [0.1, 0.15) is 0 Å². The van der Waals surface area contributed by atoms with Crippen molar-refractivity contribution in [2.24, 2.45) is 0 Å². The lowest BCUT2D eigenvalue weighted by Gasteiger charge is -2.24. The highest BCUT2D eigenvalue weighted by atomic mass is 35.5. The van der Waals surface area contributed by atoms with E-state index in [9.17, 15) is 9.90 Å². The number of rotatable bonds is 3. The Morgan fingerprint density at radius 3 is 2.50 bits per heavy atom. The Labute approximate surface area is 87.8 Å². The minimum atomic E-state index is -1.54. The molecule has 1 aromatic rings. The molecule has 0 spiro atoms. The topological polar surface area (TPSA) is 49.3 Å². The molecule has 1 atom stereocenters. The standard InChI is InChI=1S/C10H12ClNO2/c1-2-10(14,9(13)12-11)8-6-4-3-5-7-8/h3-7,14H,2H2,1H3,(H,12,13). The second-order valence-corrected chi connectivity index (χ2v) is 3.19. The molecule has 0 heterocycles. The Morgan fingerprint density at radius 1 is 1.50 bits per heavy atom. The third kappa shape index (κ3) is 1.89. The summed E-state index contributed by atoms with van der Waals surface area (Å²) >= 11 is 5.21. The van der Waals surface area contributed by atoms with Crippen molar-refractivity contribution in [2.45, 2.75) is 18.9 Å². The molecule has 1 amide bonds. The number of nitrogens with one attached hydrogen (secondary N) is 1. The lowest BCUT2D eigenvalue weighted by atomic mass is 9.91. The predicted molar refractivity (Wildman–Crippen MR) is 54.6 cm³/mol. The number of amides is 1. The van der Waals surface area contributed by atoms with Gasteiger partial charge in [-0.25, -0.2) is 0 Å². The Hall–Kier alpha value is -1.06. The summed E-state index contributed by atoms with van der Waals surface area (Å²) in [6.45, 7) is 1.72. The molecule has 1 aromatic carbocycles. The van der Waals surface area contributed by atoms with Crippen LogP contribution < -0.4 is 4.84 Å². The maximum atomic E-state index is 11.4. The molecule has 0 saturated carbocycles. The fraction of sp³-hybridized carbons (Fsp3) is 0.300. The molecule has 0 aliphatic carbocycles. The number of halogens is 1. The van der Waals surface area contributed by atoms with Crippen molar-refractivity contribution >= 4 is 17.7 Å². The van der Waals surface area contributed by atoms with E-state index in [1.807, 2.05) is 10.9 Å². The van der Waals surface area contributed by atoms with E-state index in [4.69, 9.17) is 11.8 Å². The van der Waals surface area contributed by atoms with E-state index in [0.717, 1.165) is 0 Å². The van der Waals surface area contributed by atoms with Crippen molar-refractivity contribution in [2.75, 3.05) is 0 Å². The molecule has 0 radical (unpaired) electrons. The molecule has 1 unspecified atom stereocenters. The molecule has 4 heteroatoms. The lowest BCUT2D eigenvalue weighted by Crippen LogP contribution is -2.40. The summed E-state index contributed by atoms with van der Waals surface area (Å²) in [5.74, 6) is -0.604. The normalized spacial score (nSPS) is 14.5. The molecule has 14 heavy (non-hydrogen) atoms. The Morgan fingerprint density at radius 2 is 2.07 bits per heavy atom. The number of hydrogen-bond donors (Lipinski definition) is 2. The summed E-state index contributed by atoms with van der Waals surface area (Å²) in [5.41, 5.74) is -0.996. The molecule has 76 valence electrons. The van der Waals surface area contributed by atoms with Gasteiger partial charge in [0.15, 0.2) is 5.60 Å². The summed E-state index contributed by atoms with van der Waals surface area (Å²) in [6.07, 6.45) is 0.273. The molecule has 0 aliphatic heterocycles. The maximum Gasteiger partial charge on any atom is 0.270 e. The third-order valence-corrected chi connectivity index (χ3v) is 2.40. The fourth-order valence-electron chi connectivity index (χ4n) is 1.29.